The summed E-state index contributed by atoms with van der Waals surface area (Å²) in [5.74, 6) is -0.351. The van der Waals surface area contributed by atoms with Crippen LogP contribution in [0.25, 0.3) is 0 Å². The van der Waals surface area contributed by atoms with Crippen LogP contribution in [0.3, 0.4) is 0 Å². The van der Waals surface area contributed by atoms with E-state index in [-0.39, 0.29) is 30.7 Å². The van der Waals surface area contributed by atoms with Crippen molar-refractivity contribution in [3.8, 4) is 5.75 Å². The molecule has 1 aliphatic rings. The van der Waals surface area contributed by atoms with Crippen LogP contribution in [0.4, 0.5) is 16.2 Å². The summed E-state index contributed by atoms with van der Waals surface area (Å²) in [6, 6.07) is 20.4. The lowest BCUT2D eigenvalue weighted by Crippen LogP contribution is -2.53. The molecule has 2 atom stereocenters. The van der Waals surface area contributed by atoms with Gasteiger partial charge >= 0.3 is 6.03 Å². The highest BCUT2D eigenvalue weighted by molar-refractivity contribution is 6.30. The van der Waals surface area contributed by atoms with Gasteiger partial charge in [0.1, 0.15) is 18.3 Å². The van der Waals surface area contributed by atoms with E-state index in [0.29, 0.717) is 22.1 Å². The summed E-state index contributed by atoms with van der Waals surface area (Å²) in [6.07, 6.45) is 0.277. The van der Waals surface area contributed by atoms with Crippen molar-refractivity contribution < 1.29 is 19.1 Å². The van der Waals surface area contributed by atoms with Gasteiger partial charge in [0, 0.05) is 33.9 Å². The van der Waals surface area contributed by atoms with E-state index < -0.39 is 17.6 Å². The molecule has 39 heavy (non-hydrogen) atoms. The van der Waals surface area contributed by atoms with Crippen molar-refractivity contribution in [1.82, 2.24) is 10.6 Å². The number of ether oxygens (including phenoxy) is 1. The molecule has 1 aliphatic heterocycles. The first-order valence-corrected chi connectivity index (χ1v) is 13.1. The maximum absolute atomic E-state index is 14.0. The normalized spacial score (nSPS) is 17.1. The van der Waals surface area contributed by atoms with Gasteiger partial charge in [0.2, 0.25) is 11.8 Å². The van der Waals surface area contributed by atoms with Crippen molar-refractivity contribution in [2.24, 2.45) is 0 Å². The number of carbonyl (C=O) groups is 3. The topological polar surface area (TPSA) is 99.8 Å². The fraction of sp³-hybridized carbons (Fsp3) is 0.300. The number of methoxy groups -OCH3 is 1. The van der Waals surface area contributed by atoms with Crippen LogP contribution in [0, 0.1) is 0 Å². The van der Waals surface area contributed by atoms with Gasteiger partial charge in [-0.25, -0.2) is 4.79 Å². The Hall–Kier alpha value is -4.04. The minimum Gasteiger partial charge on any atom is -0.497 e. The lowest BCUT2D eigenvalue weighted by molar-refractivity contribution is -0.125. The monoisotopic (exact) mass is 548 g/mol. The minimum absolute atomic E-state index is 0.189. The standard InChI is InChI=1S/C30H33ClN4O4/c1-30(2,3)34-27(36)18-35-26-14-6-5-13-23(26)24(19-9-7-10-20(31)15-19)17-25(28(35)37)33-29(38)32-21-11-8-12-22(16-21)39-4/h5-16,24-25H,17-18H2,1-4H3,(H,34,36)(H2,32,33,38). The third kappa shape index (κ3) is 7.09. The van der Waals surface area contributed by atoms with Crippen LogP contribution in [-0.4, -0.2) is 43.1 Å². The van der Waals surface area contributed by atoms with Crippen LogP contribution in [0.15, 0.2) is 72.8 Å². The highest BCUT2D eigenvalue weighted by Crippen LogP contribution is 2.39. The quantitative estimate of drug-likeness (QED) is 0.388. The molecule has 0 fully saturated rings. The fourth-order valence-electron chi connectivity index (χ4n) is 4.75. The molecular weight excluding hydrogens is 516 g/mol. The number of rotatable bonds is 6. The first-order valence-electron chi connectivity index (χ1n) is 12.7. The summed E-state index contributed by atoms with van der Waals surface area (Å²) < 4.78 is 5.23. The second-order valence-electron chi connectivity index (χ2n) is 10.5. The number of hydrogen-bond acceptors (Lipinski definition) is 4. The number of halogens is 1. The van der Waals surface area contributed by atoms with Crippen LogP contribution in [-0.2, 0) is 9.59 Å². The second-order valence-corrected chi connectivity index (χ2v) is 10.9. The van der Waals surface area contributed by atoms with E-state index in [1.54, 1.807) is 37.4 Å². The van der Waals surface area contributed by atoms with Gasteiger partial charge < -0.3 is 25.6 Å². The molecule has 4 amide bonds. The SMILES string of the molecule is COc1cccc(NC(=O)NC2CC(c3cccc(Cl)c3)c3ccccc3N(CC(=O)NC(C)(C)C)C2=O)c1. The molecule has 3 aromatic rings. The molecule has 0 saturated carbocycles. The van der Waals surface area contributed by atoms with Gasteiger partial charge in [0.25, 0.3) is 0 Å². The third-order valence-corrected chi connectivity index (χ3v) is 6.57. The van der Waals surface area contributed by atoms with Gasteiger partial charge in [-0.1, -0.05) is 48.0 Å². The van der Waals surface area contributed by atoms with Crippen LogP contribution in [0.5, 0.6) is 5.75 Å². The van der Waals surface area contributed by atoms with E-state index in [1.807, 2.05) is 63.2 Å². The van der Waals surface area contributed by atoms with Gasteiger partial charge in [-0.05, 0) is 68.7 Å². The van der Waals surface area contributed by atoms with E-state index >= 15 is 0 Å². The summed E-state index contributed by atoms with van der Waals surface area (Å²) in [7, 11) is 1.54. The fourth-order valence-corrected chi connectivity index (χ4v) is 4.95. The zero-order valence-corrected chi connectivity index (χ0v) is 23.2. The average Bonchev–Trinajstić information content (AvgIpc) is 2.98. The molecule has 8 nitrogen and oxygen atoms in total. The summed E-state index contributed by atoms with van der Waals surface area (Å²) >= 11 is 6.34. The Morgan fingerprint density at radius 1 is 1.03 bits per heavy atom. The number of hydrogen-bond donors (Lipinski definition) is 3. The average molecular weight is 549 g/mol. The second kappa shape index (κ2) is 11.8. The highest BCUT2D eigenvalue weighted by Gasteiger charge is 2.37. The van der Waals surface area contributed by atoms with Crippen molar-refractivity contribution in [3.63, 3.8) is 0 Å². The number of carbonyl (C=O) groups excluding carboxylic acids is 3. The molecule has 0 aromatic heterocycles. The number of para-hydroxylation sites is 1. The van der Waals surface area contributed by atoms with Crippen molar-refractivity contribution in [2.75, 3.05) is 23.9 Å². The number of anilines is 2. The summed E-state index contributed by atoms with van der Waals surface area (Å²) in [4.78, 5) is 41.5. The molecule has 4 rings (SSSR count). The molecule has 0 spiro atoms. The van der Waals surface area contributed by atoms with Crippen LogP contribution >= 0.6 is 11.6 Å². The van der Waals surface area contributed by atoms with Crippen LogP contribution < -0.4 is 25.6 Å². The molecule has 3 aromatic carbocycles. The Morgan fingerprint density at radius 3 is 2.49 bits per heavy atom. The minimum atomic E-state index is -0.922. The van der Waals surface area contributed by atoms with Gasteiger partial charge in [0.15, 0.2) is 0 Å². The molecule has 0 bridgehead atoms. The number of amides is 4. The van der Waals surface area contributed by atoms with Crippen molar-refractivity contribution in [1.29, 1.82) is 0 Å². The highest BCUT2D eigenvalue weighted by atomic mass is 35.5. The lowest BCUT2D eigenvalue weighted by Gasteiger charge is -2.28. The van der Waals surface area contributed by atoms with Crippen molar-refractivity contribution in [2.45, 2.75) is 44.7 Å². The molecule has 0 radical (unpaired) electrons. The largest absolute Gasteiger partial charge is 0.497 e. The van der Waals surface area contributed by atoms with Crippen molar-refractivity contribution >= 4 is 40.8 Å². The van der Waals surface area contributed by atoms with Crippen LogP contribution in [0.1, 0.15) is 44.2 Å². The number of benzene rings is 3. The van der Waals surface area contributed by atoms with Gasteiger partial charge in [-0.3, -0.25) is 9.59 Å². The van der Waals surface area contributed by atoms with E-state index in [4.69, 9.17) is 16.3 Å². The number of nitrogens with zero attached hydrogens (tertiary/aromatic N) is 1. The molecule has 2 unspecified atom stereocenters. The molecule has 9 heteroatoms. The van der Waals surface area contributed by atoms with Gasteiger partial charge in [-0.15, -0.1) is 0 Å². The summed E-state index contributed by atoms with van der Waals surface area (Å²) in [6.45, 7) is 5.45. The first kappa shape index (κ1) is 28.0. The van der Waals surface area contributed by atoms with E-state index in [2.05, 4.69) is 16.0 Å². The zero-order valence-electron chi connectivity index (χ0n) is 22.5. The van der Waals surface area contributed by atoms with Crippen molar-refractivity contribution in [3.05, 3.63) is 88.9 Å². The molecule has 1 heterocycles. The maximum Gasteiger partial charge on any atom is 0.319 e. The Kier molecular flexibility index (Phi) is 8.45. The van der Waals surface area contributed by atoms with Crippen LogP contribution in [0.2, 0.25) is 5.02 Å². The molecule has 204 valence electrons. The Bertz CT molecular complexity index is 1370. The lowest BCUT2D eigenvalue weighted by atomic mass is 9.86. The summed E-state index contributed by atoms with van der Waals surface area (Å²) in [5, 5.41) is 9.12. The van der Waals surface area contributed by atoms with Gasteiger partial charge in [0.05, 0.1) is 7.11 Å². The number of nitrogens with one attached hydrogen (secondary N) is 3. The molecule has 3 N–H and O–H groups in total. The Labute approximate surface area is 233 Å². The molecule has 0 aliphatic carbocycles. The predicted molar refractivity (Wildman–Crippen MR) is 154 cm³/mol. The van der Waals surface area contributed by atoms with E-state index in [0.717, 1.165) is 11.1 Å². The zero-order chi connectivity index (χ0) is 28.2. The maximum atomic E-state index is 14.0. The third-order valence-electron chi connectivity index (χ3n) is 6.34. The number of fused-ring (bicyclic) bond motifs is 1. The number of urea groups is 1. The predicted octanol–water partition coefficient (Wildman–Crippen LogP) is 5.32. The summed E-state index contributed by atoms with van der Waals surface area (Å²) in [5.41, 5.74) is 2.44. The van der Waals surface area contributed by atoms with Gasteiger partial charge in [-0.2, -0.15) is 0 Å². The van der Waals surface area contributed by atoms with E-state index in [9.17, 15) is 14.4 Å². The Balaban J connectivity index is 1.70. The molecular formula is C30H33ClN4O4. The smallest absolute Gasteiger partial charge is 0.319 e. The molecule has 0 saturated heterocycles. The Morgan fingerprint density at radius 2 is 1.77 bits per heavy atom. The van der Waals surface area contributed by atoms with E-state index in [1.165, 1.54) is 4.90 Å². The first-order chi connectivity index (χ1) is 18.5.